The Morgan fingerprint density at radius 2 is 2.14 bits per heavy atom. The van der Waals surface area contributed by atoms with Gasteiger partial charge in [0.15, 0.2) is 0 Å². The molecule has 1 fully saturated rings. The topological polar surface area (TPSA) is 46.3 Å². The molecule has 2 rings (SSSR count). The first-order valence-corrected chi connectivity index (χ1v) is 7.18. The van der Waals surface area contributed by atoms with Crippen molar-refractivity contribution < 1.29 is 18.0 Å². The molecule has 1 saturated heterocycles. The molecule has 1 atom stereocenters. The molecule has 1 aliphatic rings. The number of benzene rings is 1. The highest BCUT2D eigenvalue weighted by atomic mass is 35.5. The summed E-state index contributed by atoms with van der Waals surface area (Å²) in [6.07, 6.45) is -3.58. The van der Waals surface area contributed by atoms with Gasteiger partial charge in [-0.25, -0.2) is 0 Å². The van der Waals surface area contributed by atoms with Crippen molar-refractivity contribution in [1.29, 1.82) is 0 Å². The van der Waals surface area contributed by atoms with E-state index in [2.05, 4.69) is 0 Å². The van der Waals surface area contributed by atoms with Gasteiger partial charge in [-0.2, -0.15) is 13.2 Å². The molecule has 0 bridgehead atoms. The van der Waals surface area contributed by atoms with E-state index in [0.717, 1.165) is 30.3 Å². The number of thioether (sulfide) groups is 1. The molecule has 1 amide bonds. The molecule has 118 valence electrons. The lowest BCUT2D eigenvalue weighted by Gasteiger charge is -2.15. The standard InChI is InChI=1S/C13H15F3N2OS.ClH/c14-13(15,16)9-2-1-3-11(6-9)20-8-12(19)18-5-4-10(17)7-18;/h1-3,6,10H,4-5,7-8,17H2;1H/t10-;/m1./s1. The van der Waals surface area contributed by atoms with Crippen LogP contribution in [0.1, 0.15) is 12.0 Å². The molecule has 0 radical (unpaired) electrons. The second-order valence-corrected chi connectivity index (χ2v) is 5.75. The van der Waals surface area contributed by atoms with Crippen molar-refractivity contribution in [2.24, 2.45) is 5.73 Å². The molecule has 0 spiro atoms. The molecule has 1 aromatic rings. The summed E-state index contributed by atoms with van der Waals surface area (Å²) in [6, 6.07) is 5.01. The maximum atomic E-state index is 12.6. The Kier molecular flexibility index (Phi) is 6.37. The lowest BCUT2D eigenvalue weighted by Crippen LogP contribution is -2.33. The Labute approximate surface area is 131 Å². The van der Waals surface area contributed by atoms with Crippen molar-refractivity contribution in [3.05, 3.63) is 29.8 Å². The molecule has 1 heterocycles. The average Bonchev–Trinajstić information content (AvgIpc) is 2.82. The summed E-state index contributed by atoms with van der Waals surface area (Å²) in [7, 11) is 0. The number of carbonyl (C=O) groups is 1. The van der Waals surface area contributed by atoms with Crippen LogP contribution < -0.4 is 5.73 Å². The molecule has 1 aromatic carbocycles. The Hall–Kier alpha value is -0.920. The second-order valence-electron chi connectivity index (χ2n) is 4.70. The van der Waals surface area contributed by atoms with Crippen molar-refractivity contribution in [1.82, 2.24) is 4.90 Å². The first-order valence-electron chi connectivity index (χ1n) is 6.19. The minimum absolute atomic E-state index is 0. The summed E-state index contributed by atoms with van der Waals surface area (Å²) in [5, 5.41) is 0. The van der Waals surface area contributed by atoms with Gasteiger partial charge in [-0.3, -0.25) is 4.79 Å². The molecule has 8 heteroatoms. The van der Waals surface area contributed by atoms with Crippen molar-refractivity contribution in [3.63, 3.8) is 0 Å². The van der Waals surface area contributed by atoms with E-state index in [1.807, 2.05) is 0 Å². The minimum Gasteiger partial charge on any atom is -0.340 e. The minimum atomic E-state index is -4.36. The summed E-state index contributed by atoms with van der Waals surface area (Å²) in [4.78, 5) is 14.0. The van der Waals surface area contributed by atoms with E-state index >= 15 is 0 Å². The van der Waals surface area contributed by atoms with Gasteiger partial charge in [-0.05, 0) is 24.6 Å². The highest BCUT2D eigenvalue weighted by molar-refractivity contribution is 8.00. The van der Waals surface area contributed by atoms with Gasteiger partial charge in [-0.15, -0.1) is 24.2 Å². The molecular formula is C13H16ClF3N2OS. The molecule has 2 N–H and O–H groups in total. The normalized spacial score (nSPS) is 18.5. The van der Waals surface area contributed by atoms with E-state index in [0.29, 0.717) is 18.0 Å². The van der Waals surface area contributed by atoms with Crippen LogP contribution >= 0.6 is 24.2 Å². The molecular weight excluding hydrogens is 325 g/mol. The van der Waals surface area contributed by atoms with Crippen LogP contribution in [0.2, 0.25) is 0 Å². The van der Waals surface area contributed by atoms with E-state index in [9.17, 15) is 18.0 Å². The maximum Gasteiger partial charge on any atom is 0.416 e. The lowest BCUT2D eigenvalue weighted by molar-refractivity contribution is -0.137. The number of hydrogen-bond donors (Lipinski definition) is 1. The predicted molar refractivity (Wildman–Crippen MR) is 78.6 cm³/mol. The number of halogens is 4. The van der Waals surface area contributed by atoms with E-state index in [4.69, 9.17) is 5.73 Å². The fraction of sp³-hybridized carbons (Fsp3) is 0.462. The van der Waals surface area contributed by atoms with Gasteiger partial charge in [0, 0.05) is 24.0 Å². The highest BCUT2D eigenvalue weighted by Crippen LogP contribution is 2.31. The SMILES string of the molecule is Cl.N[C@@H]1CCN(C(=O)CSc2cccc(C(F)(F)F)c2)C1. The summed E-state index contributed by atoms with van der Waals surface area (Å²) in [6.45, 7) is 1.16. The van der Waals surface area contributed by atoms with Gasteiger partial charge >= 0.3 is 6.18 Å². The lowest BCUT2D eigenvalue weighted by atomic mass is 10.2. The maximum absolute atomic E-state index is 12.6. The number of likely N-dealkylation sites (tertiary alicyclic amines) is 1. The van der Waals surface area contributed by atoms with Crippen LogP contribution in [0.3, 0.4) is 0 Å². The van der Waals surface area contributed by atoms with Gasteiger partial charge in [0.1, 0.15) is 0 Å². The number of alkyl halides is 3. The van der Waals surface area contributed by atoms with Gasteiger partial charge in [0.25, 0.3) is 0 Å². The number of nitrogens with two attached hydrogens (primary N) is 1. The fourth-order valence-electron chi connectivity index (χ4n) is 2.01. The van der Waals surface area contributed by atoms with Crippen LogP contribution in [-0.2, 0) is 11.0 Å². The third-order valence-electron chi connectivity index (χ3n) is 3.10. The van der Waals surface area contributed by atoms with Gasteiger partial charge in [-0.1, -0.05) is 6.07 Å². The van der Waals surface area contributed by atoms with E-state index in [1.54, 1.807) is 11.0 Å². The Morgan fingerprint density at radius 1 is 1.43 bits per heavy atom. The molecule has 1 aliphatic heterocycles. The van der Waals surface area contributed by atoms with Crippen molar-refractivity contribution in [2.45, 2.75) is 23.5 Å². The quantitative estimate of drug-likeness (QED) is 0.861. The average molecular weight is 341 g/mol. The molecule has 0 unspecified atom stereocenters. The monoisotopic (exact) mass is 340 g/mol. The summed E-state index contributed by atoms with van der Waals surface area (Å²) >= 11 is 1.11. The second kappa shape index (κ2) is 7.38. The summed E-state index contributed by atoms with van der Waals surface area (Å²) < 4.78 is 37.7. The Balaban J connectivity index is 0.00000220. The zero-order valence-electron chi connectivity index (χ0n) is 11.1. The number of carbonyl (C=O) groups excluding carboxylic acids is 1. The van der Waals surface area contributed by atoms with Crippen LogP contribution in [-0.4, -0.2) is 35.7 Å². The van der Waals surface area contributed by atoms with E-state index in [-0.39, 0.29) is 30.1 Å². The predicted octanol–water partition coefficient (Wildman–Crippen LogP) is 2.78. The van der Waals surface area contributed by atoms with Crippen molar-refractivity contribution in [2.75, 3.05) is 18.8 Å². The Morgan fingerprint density at radius 3 is 2.71 bits per heavy atom. The molecule has 0 saturated carbocycles. The molecule has 21 heavy (non-hydrogen) atoms. The van der Waals surface area contributed by atoms with E-state index in [1.165, 1.54) is 6.07 Å². The summed E-state index contributed by atoms with van der Waals surface area (Å²) in [5.41, 5.74) is 5.02. The first kappa shape index (κ1) is 18.1. The zero-order chi connectivity index (χ0) is 14.8. The van der Waals surface area contributed by atoms with Crippen molar-refractivity contribution >= 4 is 30.1 Å². The van der Waals surface area contributed by atoms with E-state index < -0.39 is 11.7 Å². The third-order valence-corrected chi connectivity index (χ3v) is 4.08. The number of amides is 1. The first-order chi connectivity index (χ1) is 9.36. The van der Waals surface area contributed by atoms with Crippen LogP contribution in [0.4, 0.5) is 13.2 Å². The highest BCUT2D eigenvalue weighted by Gasteiger charge is 2.30. The molecule has 0 aromatic heterocycles. The van der Waals surface area contributed by atoms with Gasteiger partial charge in [0.05, 0.1) is 11.3 Å². The smallest absolute Gasteiger partial charge is 0.340 e. The van der Waals surface area contributed by atoms with Crippen LogP contribution in [0.5, 0.6) is 0 Å². The van der Waals surface area contributed by atoms with Crippen LogP contribution in [0, 0.1) is 0 Å². The van der Waals surface area contributed by atoms with Crippen LogP contribution in [0.25, 0.3) is 0 Å². The number of rotatable bonds is 3. The molecule has 0 aliphatic carbocycles. The largest absolute Gasteiger partial charge is 0.416 e. The van der Waals surface area contributed by atoms with Crippen molar-refractivity contribution in [3.8, 4) is 0 Å². The third kappa shape index (κ3) is 5.09. The number of hydrogen-bond acceptors (Lipinski definition) is 3. The van der Waals surface area contributed by atoms with Gasteiger partial charge < -0.3 is 10.6 Å². The molecule has 3 nitrogen and oxygen atoms in total. The summed E-state index contributed by atoms with van der Waals surface area (Å²) in [5.74, 6) is 0.0500. The van der Waals surface area contributed by atoms with Gasteiger partial charge in [0.2, 0.25) is 5.91 Å². The Bertz CT molecular complexity index is 499. The fourth-order valence-corrected chi connectivity index (χ4v) is 2.87. The van der Waals surface area contributed by atoms with Crippen LogP contribution in [0.15, 0.2) is 29.2 Å². The number of nitrogens with zero attached hydrogens (tertiary/aromatic N) is 1. The zero-order valence-corrected chi connectivity index (χ0v) is 12.7.